The fourth-order valence-electron chi connectivity index (χ4n) is 7.94. The van der Waals surface area contributed by atoms with Crippen LogP contribution in [0, 0.1) is 40.5 Å². The third-order valence-corrected chi connectivity index (χ3v) is 11.2. The van der Waals surface area contributed by atoms with Gasteiger partial charge in [0.2, 0.25) is 0 Å². The quantitative estimate of drug-likeness (QED) is 0.0613. The fourth-order valence-corrected chi connectivity index (χ4v) is 7.94. The number of hydrogen-bond donors (Lipinski definition) is 0. The first-order chi connectivity index (χ1) is 31.7. The summed E-state index contributed by atoms with van der Waals surface area (Å²) in [6.07, 6.45) is 14.6. The van der Waals surface area contributed by atoms with Gasteiger partial charge in [-0.15, -0.1) is 0 Å². The van der Waals surface area contributed by atoms with E-state index in [1.807, 2.05) is 76.8 Å². The molecule has 8 aromatic rings. The van der Waals surface area contributed by atoms with Gasteiger partial charge in [-0.1, -0.05) is 60.7 Å². The molecule has 0 aliphatic heterocycles. The van der Waals surface area contributed by atoms with E-state index in [1.54, 1.807) is 33.9 Å². The van der Waals surface area contributed by atoms with E-state index >= 15 is 0 Å². The molecule has 2 heterocycles. The van der Waals surface area contributed by atoms with E-state index in [1.165, 1.54) is 24.3 Å². The molecular formula is C50H40N8O8+2. The Balaban J connectivity index is 1.10. The molecule has 0 unspecified atom stereocenters. The molecular weight excluding hydrogens is 841 g/mol. The maximum Gasteiger partial charge on any atom is 0.347 e. The van der Waals surface area contributed by atoms with Gasteiger partial charge in [0.25, 0.3) is 22.7 Å². The van der Waals surface area contributed by atoms with Crippen LogP contribution in [0.25, 0.3) is 68.4 Å². The molecule has 0 N–H and O–H groups in total. The number of pyridine rings is 2. The molecule has 0 aliphatic carbocycles. The van der Waals surface area contributed by atoms with Crippen molar-refractivity contribution in [2.45, 2.75) is 0 Å². The molecule has 0 saturated heterocycles. The highest BCUT2D eigenvalue weighted by Crippen LogP contribution is 2.45. The van der Waals surface area contributed by atoms with Gasteiger partial charge in [0, 0.05) is 99.2 Å². The molecule has 326 valence electrons. The minimum atomic E-state index is -0.661. The number of hydrogen-bond acceptors (Lipinski definition) is 10. The fraction of sp³-hybridized carbons (Fsp3) is 0.0800. The van der Waals surface area contributed by atoms with Gasteiger partial charge in [0.15, 0.2) is 24.8 Å². The van der Waals surface area contributed by atoms with Crippen LogP contribution in [0.2, 0.25) is 0 Å². The number of non-ortho nitro benzene ring substituents is 2. The maximum atomic E-state index is 11.7. The molecule has 2 aromatic heterocycles. The van der Waals surface area contributed by atoms with E-state index in [0.29, 0.717) is 0 Å². The van der Waals surface area contributed by atoms with Crippen molar-refractivity contribution in [1.82, 2.24) is 0 Å². The molecule has 0 amide bonds. The Kier molecular flexibility index (Phi) is 11.8. The topological polar surface area (TPSA) is 187 Å². The summed E-state index contributed by atoms with van der Waals surface area (Å²) in [5.41, 5.74) is 6.90. The molecule has 0 aliphatic rings. The Bertz CT molecular complexity index is 3110. The van der Waals surface area contributed by atoms with Gasteiger partial charge in [-0.2, -0.15) is 9.13 Å². The SMILES string of the molecule is CN(C)c1ccc2cc(/C=C\c3cc[n+](-c4ccc([N+](=O)[O-])cc4[N+](=O)[O-])cc3)ccc2c1-c1c(N(C)C)ccc2cc(/C=C/c3cc[n+](-c4ccc([N+](=O)[O-])cc4[N+](=O)[O-])cc3)ccc12. The van der Waals surface area contributed by atoms with Crippen molar-refractivity contribution in [2.75, 3.05) is 38.0 Å². The van der Waals surface area contributed by atoms with E-state index in [0.717, 1.165) is 78.4 Å². The van der Waals surface area contributed by atoms with E-state index in [4.69, 9.17) is 0 Å². The van der Waals surface area contributed by atoms with Crippen LogP contribution in [-0.2, 0) is 0 Å². The van der Waals surface area contributed by atoms with Gasteiger partial charge in [0.05, 0.1) is 19.7 Å². The van der Waals surface area contributed by atoms with Crippen LogP contribution in [0.3, 0.4) is 0 Å². The summed E-state index contributed by atoms with van der Waals surface area (Å²) in [6, 6.07) is 35.6. The summed E-state index contributed by atoms with van der Waals surface area (Å²) >= 11 is 0. The minimum absolute atomic E-state index is 0.213. The van der Waals surface area contributed by atoms with Gasteiger partial charge >= 0.3 is 11.4 Å². The Morgan fingerprint density at radius 3 is 1.11 bits per heavy atom. The molecule has 0 saturated carbocycles. The van der Waals surface area contributed by atoms with Gasteiger partial charge in [-0.05, 0) is 68.1 Å². The summed E-state index contributed by atoms with van der Waals surface area (Å²) in [5, 5.41) is 50.1. The van der Waals surface area contributed by atoms with Crippen LogP contribution in [-0.4, -0.2) is 47.9 Å². The predicted molar refractivity (Wildman–Crippen MR) is 256 cm³/mol. The summed E-state index contributed by atoms with van der Waals surface area (Å²) in [4.78, 5) is 47.5. The average molecular weight is 881 g/mol. The van der Waals surface area contributed by atoms with Crippen molar-refractivity contribution in [1.29, 1.82) is 0 Å². The highest BCUT2D eigenvalue weighted by atomic mass is 16.6. The van der Waals surface area contributed by atoms with Crippen molar-refractivity contribution in [2.24, 2.45) is 0 Å². The lowest BCUT2D eigenvalue weighted by molar-refractivity contribution is -0.601. The lowest BCUT2D eigenvalue weighted by Gasteiger charge is -2.25. The summed E-state index contributed by atoms with van der Waals surface area (Å²) in [7, 11) is 8.14. The van der Waals surface area contributed by atoms with Crippen LogP contribution in [0.1, 0.15) is 22.3 Å². The number of nitrogens with zero attached hydrogens (tertiary/aromatic N) is 8. The molecule has 0 atom stereocenters. The van der Waals surface area contributed by atoms with Crippen LogP contribution >= 0.6 is 0 Å². The molecule has 66 heavy (non-hydrogen) atoms. The molecule has 6 aromatic carbocycles. The second kappa shape index (κ2) is 17.9. The predicted octanol–water partition coefficient (Wildman–Crippen LogP) is 10.3. The van der Waals surface area contributed by atoms with Gasteiger partial charge in [-0.3, -0.25) is 40.5 Å². The van der Waals surface area contributed by atoms with Crippen molar-refractivity contribution < 1.29 is 28.8 Å². The van der Waals surface area contributed by atoms with Gasteiger partial charge < -0.3 is 9.80 Å². The number of anilines is 2. The summed E-state index contributed by atoms with van der Waals surface area (Å²) in [6.45, 7) is 0. The van der Waals surface area contributed by atoms with E-state index in [9.17, 15) is 40.5 Å². The largest absolute Gasteiger partial charge is 0.377 e. The average Bonchev–Trinajstić information content (AvgIpc) is 3.31. The van der Waals surface area contributed by atoms with Crippen molar-refractivity contribution in [3.63, 3.8) is 0 Å². The molecule has 0 radical (unpaired) electrons. The summed E-state index contributed by atoms with van der Waals surface area (Å²) in [5.74, 6) is 0. The number of nitro groups is 4. The lowest BCUT2D eigenvalue weighted by atomic mass is 9.89. The lowest BCUT2D eigenvalue weighted by Crippen LogP contribution is -2.30. The third-order valence-electron chi connectivity index (χ3n) is 11.2. The zero-order chi connectivity index (χ0) is 46.8. The second-order valence-electron chi connectivity index (χ2n) is 15.8. The van der Waals surface area contributed by atoms with Crippen LogP contribution in [0.4, 0.5) is 34.1 Å². The third kappa shape index (κ3) is 8.74. The van der Waals surface area contributed by atoms with Crippen LogP contribution in [0.15, 0.2) is 146 Å². The Labute approximate surface area is 377 Å². The van der Waals surface area contributed by atoms with Crippen molar-refractivity contribution >= 4 is 80.0 Å². The maximum absolute atomic E-state index is 11.7. The zero-order valence-corrected chi connectivity index (χ0v) is 36.0. The molecule has 16 nitrogen and oxygen atoms in total. The highest BCUT2D eigenvalue weighted by molar-refractivity contribution is 6.14. The Hall–Kier alpha value is -9.18. The van der Waals surface area contributed by atoms with E-state index in [2.05, 4.69) is 70.5 Å². The van der Waals surface area contributed by atoms with Gasteiger partial charge in [0.1, 0.15) is 12.1 Å². The normalized spacial score (nSPS) is 11.4. The second-order valence-corrected chi connectivity index (χ2v) is 15.8. The first kappa shape index (κ1) is 43.5. The highest BCUT2D eigenvalue weighted by Gasteiger charge is 2.27. The number of aromatic nitrogens is 2. The minimum Gasteiger partial charge on any atom is -0.377 e. The molecule has 0 bridgehead atoms. The first-order valence-corrected chi connectivity index (χ1v) is 20.4. The monoisotopic (exact) mass is 880 g/mol. The first-order valence-electron chi connectivity index (χ1n) is 20.4. The number of rotatable bonds is 13. The molecule has 16 heteroatoms. The Morgan fingerprint density at radius 1 is 0.409 bits per heavy atom. The van der Waals surface area contributed by atoms with Gasteiger partial charge in [-0.25, -0.2) is 0 Å². The molecule has 0 spiro atoms. The van der Waals surface area contributed by atoms with Crippen LogP contribution in [0.5, 0.6) is 0 Å². The van der Waals surface area contributed by atoms with Crippen molar-refractivity contribution in [3.8, 4) is 22.5 Å². The van der Waals surface area contributed by atoms with E-state index in [-0.39, 0.29) is 34.1 Å². The van der Waals surface area contributed by atoms with Crippen molar-refractivity contribution in [3.05, 3.63) is 209 Å². The standard InChI is InChI=1S/C50H40N8O8/c1-51(2)45-17-11-37-29-35(7-5-33-21-25-53(26-22-33)43-19-13-39(55(59)60)31-47(43)57(63)64)9-15-41(37)49(45)50-42-16-10-36(30-38(42)12-18-46(50)52(3)4)8-6-34-23-27-54(28-24-34)44-20-14-40(56(61)62)32-48(44)58(65)66/h5-32H,1-4H3/q+2. The van der Waals surface area contributed by atoms with Crippen LogP contribution < -0.4 is 18.9 Å². The summed E-state index contributed by atoms with van der Waals surface area (Å²) < 4.78 is 3.11. The number of fused-ring (bicyclic) bond motifs is 2. The smallest absolute Gasteiger partial charge is 0.347 e. The number of nitro benzene ring substituents is 4. The number of benzene rings is 6. The Morgan fingerprint density at radius 2 is 0.773 bits per heavy atom. The zero-order valence-electron chi connectivity index (χ0n) is 36.0. The van der Waals surface area contributed by atoms with E-state index < -0.39 is 19.7 Å². The molecule has 8 rings (SSSR count). The molecule has 0 fully saturated rings.